The van der Waals surface area contributed by atoms with Gasteiger partial charge in [0.2, 0.25) is 0 Å². The number of ether oxygens (including phenoxy) is 1. The van der Waals surface area contributed by atoms with Gasteiger partial charge in [-0.1, -0.05) is 28.1 Å². The summed E-state index contributed by atoms with van der Waals surface area (Å²) in [4.78, 5) is 0. The number of aryl methyl sites for hydroxylation is 1. The summed E-state index contributed by atoms with van der Waals surface area (Å²) in [5, 5.41) is 0. The first-order chi connectivity index (χ1) is 6.88. The molecular formula is C10H10BrF3O. The highest BCUT2D eigenvalue weighted by atomic mass is 79.9. The van der Waals surface area contributed by atoms with E-state index in [1.807, 2.05) is 6.92 Å². The van der Waals surface area contributed by atoms with Crippen molar-refractivity contribution in [3.63, 3.8) is 0 Å². The molecule has 0 spiro atoms. The van der Waals surface area contributed by atoms with Crippen LogP contribution in [0.4, 0.5) is 13.2 Å². The van der Waals surface area contributed by atoms with E-state index in [0.717, 1.165) is 15.6 Å². The molecule has 0 amide bonds. The fourth-order valence-corrected chi connectivity index (χ4v) is 1.33. The molecule has 0 saturated carbocycles. The molecule has 0 saturated heterocycles. The molecule has 0 bridgehead atoms. The van der Waals surface area contributed by atoms with Gasteiger partial charge in [-0.2, -0.15) is 13.2 Å². The Bertz CT molecular complexity index is 336. The summed E-state index contributed by atoms with van der Waals surface area (Å²) in [7, 11) is 0. The summed E-state index contributed by atoms with van der Waals surface area (Å²) in [5.41, 5.74) is 1.71. The average Bonchev–Trinajstić information content (AvgIpc) is 2.09. The third-order valence-corrected chi connectivity index (χ3v) is 2.65. The maximum Gasteiger partial charge on any atom is 0.411 e. The first kappa shape index (κ1) is 12.5. The zero-order valence-corrected chi connectivity index (χ0v) is 9.65. The van der Waals surface area contributed by atoms with Crippen molar-refractivity contribution in [1.29, 1.82) is 0 Å². The van der Waals surface area contributed by atoms with E-state index < -0.39 is 12.8 Å². The van der Waals surface area contributed by atoms with Crippen LogP contribution in [0.15, 0.2) is 22.7 Å². The number of rotatable bonds is 3. The molecule has 0 fully saturated rings. The summed E-state index contributed by atoms with van der Waals surface area (Å²) in [6.45, 7) is 0.646. The van der Waals surface area contributed by atoms with Gasteiger partial charge in [0.15, 0.2) is 0 Å². The molecule has 0 aliphatic carbocycles. The van der Waals surface area contributed by atoms with Crippen LogP contribution in [0.3, 0.4) is 0 Å². The van der Waals surface area contributed by atoms with E-state index in [-0.39, 0.29) is 6.61 Å². The Morgan fingerprint density at radius 2 is 2.00 bits per heavy atom. The summed E-state index contributed by atoms with van der Waals surface area (Å²) in [5.74, 6) is 0. The van der Waals surface area contributed by atoms with Crippen molar-refractivity contribution in [3.05, 3.63) is 33.8 Å². The van der Waals surface area contributed by atoms with E-state index in [0.29, 0.717) is 0 Å². The van der Waals surface area contributed by atoms with Crippen LogP contribution < -0.4 is 0 Å². The highest BCUT2D eigenvalue weighted by Gasteiger charge is 2.27. The Kier molecular flexibility index (Phi) is 4.16. The number of benzene rings is 1. The fraction of sp³-hybridized carbons (Fsp3) is 0.400. The minimum absolute atomic E-state index is 0.0202. The lowest BCUT2D eigenvalue weighted by Crippen LogP contribution is -2.16. The molecular weight excluding hydrogens is 273 g/mol. The minimum atomic E-state index is -4.26. The van der Waals surface area contributed by atoms with Gasteiger partial charge >= 0.3 is 6.18 Å². The molecule has 0 N–H and O–H groups in total. The van der Waals surface area contributed by atoms with Crippen molar-refractivity contribution in [2.45, 2.75) is 19.7 Å². The molecule has 1 aromatic rings. The number of hydrogen-bond donors (Lipinski definition) is 0. The van der Waals surface area contributed by atoms with Gasteiger partial charge < -0.3 is 4.74 Å². The van der Waals surface area contributed by atoms with Crippen LogP contribution in [0.1, 0.15) is 11.1 Å². The maximum atomic E-state index is 11.8. The highest BCUT2D eigenvalue weighted by Crippen LogP contribution is 2.19. The van der Waals surface area contributed by atoms with E-state index >= 15 is 0 Å². The van der Waals surface area contributed by atoms with Crippen LogP contribution in [0.25, 0.3) is 0 Å². The largest absolute Gasteiger partial charge is 0.411 e. The molecule has 84 valence electrons. The third kappa shape index (κ3) is 4.66. The topological polar surface area (TPSA) is 9.23 Å². The Balaban J connectivity index is 2.48. The van der Waals surface area contributed by atoms with Crippen molar-refractivity contribution in [2.75, 3.05) is 6.61 Å². The molecule has 1 rings (SSSR count). The predicted octanol–water partition coefficient (Wildman–Crippen LogP) is 3.84. The highest BCUT2D eigenvalue weighted by molar-refractivity contribution is 9.10. The molecule has 0 radical (unpaired) electrons. The van der Waals surface area contributed by atoms with Crippen LogP contribution in [-0.4, -0.2) is 12.8 Å². The monoisotopic (exact) mass is 282 g/mol. The summed E-state index contributed by atoms with van der Waals surface area (Å²) in [6, 6.07) is 5.32. The van der Waals surface area contributed by atoms with Gasteiger partial charge in [-0.15, -0.1) is 0 Å². The first-order valence-electron chi connectivity index (χ1n) is 4.28. The molecule has 1 nitrogen and oxygen atoms in total. The number of halogens is 4. The van der Waals surface area contributed by atoms with Crippen molar-refractivity contribution in [2.24, 2.45) is 0 Å². The van der Waals surface area contributed by atoms with Gasteiger partial charge in [0.05, 0.1) is 6.61 Å². The quantitative estimate of drug-likeness (QED) is 0.819. The molecule has 0 heterocycles. The van der Waals surface area contributed by atoms with Crippen molar-refractivity contribution in [1.82, 2.24) is 0 Å². The van der Waals surface area contributed by atoms with Gasteiger partial charge in [-0.3, -0.25) is 0 Å². The Hall–Kier alpha value is -0.550. The lowest BCUT2D eigenvalue weighted by molar-refractivity contribution is -0.176. The summed E-state index contributed by atoms with van der Waals surface area (Å²) in [6.07, 6.45) is -4.26. The smallest absolute Gasteiger partial charge is 0.367 e. The predicted molar refractivity (Wildman–Crippen MR) is 54.6 cm³/mol. The fourth-order valence-electron chi connectivity index (χ4n) is 1.08. The second kappa shape index (κ2) is 4.99. The van der Waals surface area contributed by atoms with Crippen LogP contribution in [0, 0.1) is 6.92 Å². The van der Waals surface area contributed by atoms with E-state index in [1.165, 1.54) is 0 Å². The van der Waals surface area contributed by atoms with Gasteiger partial charge in [0.25, 0.3) is 0 Å². The van der Waals surface area contributed by atoms with E-state index in [9.17, 15) is 13.2 Å². The lowest BCUT2D eigenvalue weighted by atomic mass is 10.1. The Morgan fingerprint density at radius 1 is 1.33 bits per heavy atom. The number of alkyl halides is 3. The first-order valence-corrected chi connectivity index (χ1v) is 5.07. The molecule has 0 aliphatic rings. The van der Waals surface area contributed by atoms with Crippen LogP contribution >= 0.6 is 15.9 Å². The number of hydrogen-bond acceptors (Lipinski definition) is 1. The average molecular weight is 283 g/mol. The molecule has 0 unspecified atom stereocenters. The molecule has 0 aliphatic heterocycles. The zero-order chi connectivity index (χ0) is 11.5. The SMILES string of the molecule is Cc1cc(COCC(F)(F)F)ccc1Br. The van der Waals surface area contributed by atoms with Crippen LogP contribution in [0.5, 0.6) is 0 Å². The van der Waals surface area contributed by atoms with Crippen molar-refractivity contribution < 1.29 is 17.9 Å². The molecule has 0 aromatic heterocycles. The van der Waals surface area contributed by atoms with Gasteiger partial charge in [-0.05, 0) is 24.1 Å². The molecule has 0 atom stereocenters. The van der Waals surface area contributed by atoms with E-state index in [4.69, 9.17) is 0 Å². The minimum Gasteiger partial charge on any atom is -0.367 e. The normalized spacial score (nSPS) is 11.8. The van der Waals surface area contributed by atoms with Gasteiger partial charge in [-0.25, -0.2) is 0 Å². The standard InChI is InChI=1S/C10H10BrF3O/c1-7-4-8(2-3-9(7)11)5-15-6-10(12,13)14/h2-4H,5-6H2,1H3. The lowest BCUT2D eigenvalue weighted by Gasteiger charge is -2.08. The van der Waals surface area contributed by atoms with E-state index in [2.05, 4.69) is 20.7 Å². The van der Waals surface area contributed by atoms with Gasteiger partial charge in [0, 0.05) is 4.47 Å². The zero-order valence-electron chi connectivity index (χ0n) is 8.07. The second-order valence-corrected chi connectivity index (χ2v) is 4.05. The Labute approximate surface area is 94.4 Å². The maximum absolute atomic E-state index is 11.8. The van der Waals surface area contributed by atoms with E-state index in [1.54, 1.807) is 18.2 Å². The van der Waals surface area contributed by atoms with Gasteiger partial charge in [0.1, 0.15) is 6.61 Å². The molecule has 5 heteroatoms. The van der Waals surface area contributed by atoms with Crippen LogP contribution in [0.2, 0.25) is 0 Å². The van der Waals surface area contributed by atoms with Crippen LogP contribution in [-0.2, 0) is 11.3 Å². The van der Waals surface area contributed by atoms with Crippen molar-refractivity contribution >= 4 is 15.9 Å². The van der Waals surface area contributed by atoms with Crippen molar-refractivity contribution in [3.8, 4) is 0 Å². The summed E-state index contributed by atoms with van der Waals surface area (Å²) < 4.78 is 40.8. The Morgan fingerprint density at radius 3 is 2.53 bits per heavy atom. The second-order valence-electron chi connectivity index (χ2n) is 3.19. The molecule has 1 aromatic carbocycles. The molecule has 15 heavy (non-hydrogen) atoms. The summed E-state index contributed by atoms with van der Waals surface area (Å²) >= 11 is 3.31. The third-order valence-electron chi connectivity index (χ3n) is 1.76.